The van der Waals surface area contributed by atoms with Gasteiger partial charge in [-0.1, -0.05) is 23.3 Å². The number of hydrogen-bond acceptors (Lipinski definition) is 2. The molecule has 0 aromatic heterocycles. The van der Waals surface area contributed by atoms with Crippen LogP contribution in [0.3, 0.4) is 0 Å². The van der Waals surface area contributed by atoms with E-state index >= 15 is 0 Å². The minimum Gasteiger partial charge on any atom is -0.396 e. The van der Waals surface area contributed by atoms with Crippen molar-refractivity contribution in [2.75, 3.05) is 6.61 Å². The van der Waals surface area contributed by atoms with Crippen molar-refractivity contribution < 1.29 is 9.50 Å². The van der Waals surface area contributed by atoms with Gasteiger partial charge in [0.2, 0.25) is 0 Å². The highest BCUT2D eigenvalue weighted by molar-refractivity contribution is 5.21. The zero-order valence-electron chi connectivity index (χ0n) is 6.76. The minimum absolute atomic E-state index is 0.211. The fraction of sp³-hybridized carbons (Fsp3) is 0.250. The first-order valence-corrected chi connectivity index (χ1v) is 3.69. The largest absolute Gasteiger partial charge is 0.396 e. The van der Waals surface area contributed by atoms with E-state index in [1.165, 1.54) is 18.2 Å². The van der Waals surface area contributed by atoms with E-state index in [0.29, 0.717) is 0 Å². The van der Waals surface area contributed by atoms with Crippen LogP contribution < -0.4 is 0 Å². The van der Waals surface area contributed by atoms with Crippen LogP contribution in [0.25, 0.3) is 10.4 Å². The Bertz CT molecular complexity index is 336. The van der Waals surface area contributed by atoms with E-state index < -0.39 is 18.5 Å². The summed E-state index contributed by atoms with van der Waals surface area (Å²) in [4.78, 5) is 2.52. The molecule has 0 saturated carbocycles. The molecule has 1 N–H and O–H groups in total. The third-order valence-electron chi connectivity index (χ3n) is 1.63. The van der Waals surface area contributed by atoms with Crippen molar-refractivity contribution in [3.8, 4) is 0 Å². The standard InChI is InChI=1S/C8H8FN3O/c9-7-4-2-1-3-6(7)8(5-13)11-12-10/h1-4,8,13H,5H2/t8-/m0/s1. The number of aliphatic hydroxyl groups excluding tert-OH is 1. The van der Waals surface area contributed by atoms with Crippen LogP contribution in [0.15, 0.2) is 29.4 Å². The first kappa shape index (κ1) is 9.51. The Hall–Kier alpha value is -1.58. The highest BCUT2D eigenvalue weighted by atomic mass is 19.1. The number of azide groups is 1. The molecule has 13 heavy (non-hydrogen) atoms. The third kappa shape index (κ3) is 2.18. The predicted molar refractivity (Wildman–Crippen MR) is 45.4 cm³/mol. The smallest absolute Gasteiger partial charge is 0.126 e. The fourth-order valence-electron chi connectivity index (χ4n) is 1.00. The molecule has 0 bridgehead atoms. The maximum absolute atomic E-state index is 13.1. The van der Waals surface area contributed by atoms with Gasteiger partial charge in [0.15, 0.2) is 0 Å². The van der Waals surface area contributed by atoms with Gasteiger partial charge < -0.3 is 5.11 Å². The van der Waals surface area contributed by atoms with Crippen LogP contribution in [0.4, 0.5) is 4.39 Å². The second-order valence-corrected chi connectivity index (χ2v) is 2.42. The Morgan fingerprint density at radius 1 is 1.54 bits per heavy atom. The average Bonchev–Trinajstić information content (AvgIpc) is 2.16. The fourth-order valence-corrected chi connectivity index (χ4v) is 1.00. The summed E-state index contributed by atoms with van der Waals surface area (Å²) >= 11 is 0. The van der Waals surface area contributed by atoms with E-state index in [1.54, 1.807) is 6.07 Å². The lowest BCUT2D eigenvalue weighted by Gasteiger charge is -2.07. The molecule has 0 aliphatic carbocycles. The predicted octanol–water partition coefficient (Wildman–Crippen LogP) is 2.17. The Kier molecular flexibility index (Phi) is 3.25. The van der Waals surface area contributed by atoms with Crippen molar-refractivity contribution in [1.82, 2.24) is 0 Å². The number of benzene rings is 1. The summed E-state index contributed by atoms with van der Waals surface area (Å²) in [5, 5.41) is 12.1. The van der Waals surface area contributed by atoms with Crippen LogP contribution in [0.5, 0.6) is 0 Å². The van der Waals surface area contributed by atoms with Crippen molar-refractivity contribution in [1.29, 1.82) is 0 Å². The van der Waals surface area contributed by atoms with Gasteiger partial charge in [-0.3, -0.25) is 0 Å². The lowest BCUT2D eigenvalue weighted by atomic mass is 10.1. The number of aliphatic hydroxyl groups is 1. The third-order valence-corrected chi connectivity index (χ3v) is 1.63. The quantitative estimate of drug-likeness (QED) is 0.433. The number of rotatable bonds is 3. The SMILES string of the molecule is [N-]=[N+]=N[C@@H](CO)c1ccccc1F. The lowest BCUT2D eigenvalue weighted by molar-refractivity contribution is 0.265. The molecule has 5 heteroatoms. The van der Waals surface area contributed by atoms with Crippen LogP contribution in [0, 0.1) is 5.82 Å². The summed E-state index contributed by atoms with van der Waals surface area (Å²) in [6.45, 7) is -0.398. The Balaban J connectivity index is 3.04. The molecule has 4 nitrogen and oxygen atoms in total. The minimum atomic E-state index is -0.841. The van der Waals surface area contributed by atoms with E-state index in [0.717, 1.165) is 0 Å². The highest BCUT2D eigenvalue weighted by Crippen LogP contribution is 2.19. The summed E-state index contributed by atoms with van der Waals surface area (Å²) in [5.41, 5.74) is 8.36. The molecule has 68 valence electrons. The molecule has 1 aromatic carbocycles. The van der Waals surface area contributed by atoms with Crippen LogP contribution in [-0.4, -0.2) is 11.7 Å². The van der Waals surface area contributed by atoms with Gasteiger partial charge in [0.25, 0.3) is 0 Å². The molecule has 0 amide bonds. The summed E-state index contributed by atoms with van der Waals surface area (Å²) in [6.07, 6.45) is 0. The summed E-state index contributed by atoms with van der Waals surface area (Å²) in [5.74, 6) is -0.478. The van der Waals surface area contributed by atoms with E-state index in [4.69, 9.17) is 10.6 Å². The Morgan fingerprint density at radius 2 is 2.23 bits per heavy atom. The van der Waals surface area contributed by atoms with E-state index in [9.17, 15) is 4.39 Å². The maximum Gasteiger partial charge on any atom is 0.126 e. The summed E-state index contributed by atoms with van der Waals surface area (Å²) in [6, 6.07) is 5.04. The van der Waals surface area contributed by atoms with Crippen LogP contribution in [0.1, 0.15) is 11.6 Å². The molecule has 1 atom stereocenters. The van der Waals surface area contributed by atoms with Gasteiger partial charge in [0.05, 0.1) is 12.6 Å². The van der Waals surface area contributed by atoms with Gasteiger partial charge in [-0.05, 0) is 17.2 Å². The molecule has 0 aliphatic heterocycles. The van der Waals surface area contributed by atoms with Gasteiger partial charge >= 0.3 is 0 Å². The Labute approximate surface area is 74.3 Å². The molecule has 0 saturated heterocycles. The number of nitrogens with zero attached hydrogens (tertiary/aromatic N) is 3. The van der Waals surface area contributed by atoms with Gasteiger partial charge in [-0.2, -0.15) is 0 Å². The second-order valence-electron chi connectivity index (χ2n) is 2.42. The molecule has 1 rings (SSSR count). The highest BCUT2D eigenvalue weighted by Gasteiger charge is 2.11. The van der Waals surface area contributed by atoms with Crippen molar-refractivity contribution >= 4 is 0 Å². The van der Waals surface area contributed by atoms with Crippen LogP contribution in [0.2, 0.25) is 0 Å². The van der Waals surface area contributed by atoms with Crippen LogP contribution >= 0.6 is 0 Å². The van der Waals surface area contributed by atoms with E-state index in [2.05, 4.69) is 10.0 Å². The van der Waals surface area contributed by atoms with Crippen molar-refractivity contribution in [3.05, 3.63) is 46.1 Å². The normalized spacial score (nSPS) is 11.8. The summed E-state index contributed by atoms with van der Waals surface area (Å²) < 4.78 is 13.1. The Morgan fingerprint density at radius 3 is 2.77 bits per heavy atom. The molecule has 0 aliphatic rings. The molecule has 0 heterocycles. The monoisotopic (exact) mass is 181 g/mol. The second kappa shape index (κ2) is 4.45. The van der Waals surface area contributed by atoms with Crippen molar-refractivity contribution in [2.24, 2.45) is 5.11 Å². The number of halogens is 1. The van der Waals surface area contributed by atoms with Crippen molar-refractivity contribution in [3.63, 3.8) is 0 Å². The molecular weight excluding hydrogens is 173 g/mol. The molecule has 0 fully saturated rings. The van der Waals surface area contributed by atoms with Crippen molar-refractivity contribution in [2.45, 2.75) is 6.04 Å². The summed E-state index contributed by atoms with van der Waals surface area (Å²) in [7, 11) is 0. The zero-order valence-corrected chi connectivity index (χ0v) is 6.76. The molecular formula is C8H8FN3O. The maximum atomic E-state index is 13.1. The first-order valence-electron chi connectivity index (χ1n) is 3.69. The zero-order chi connectivity index (χ0) is 9.68. The van der Waals surface area contributed by atoms with E-state index in [-0.39, 0.29) is 5.56 Å². The van der Waals surface area contributed by atoms with Gasteiger partial charge in [0.1, 0.15) is 5.82 Å². The van der Waals surface area contributed by atoms with Gasteiger partial charge in [-0.15, -0.1) is 0 Å². The molecule has 0 unspecified atom stereocenters. The van der Waals surface area contributed by atoms with Gasteiger partial charge in [0, 0.05) is 4.91 Å². The lowest BCUT2D eigenvalue weighted by Crippen LogP contribution is -2.02. The first-order chi connectivity index (χ1) is 6.29. The van der Waals surface area contributed by atoms with Crippen LogP contribution in [-0.2, 0) is 0 Å². The number of hydrogen-bond donors (Lipinski definition) is 1. The van der Waals surface area contributed by atoms with E-state index in [1.807, 2.05) is 0 Å². The van der Waals surface area contributed by atoms with Gasteiger partial charge in [-0.25, -0.2) is 4.39 Å². The topological polar surface area (TPSA) is 69.0 Å². The molecule has 0 spiro atoms. The molecule has 1 aromatic rings. The molecule has 0 radical (unpaired) electrons. The average molecular weight is 181 g/mol.